The maximum absolute atomic E-state index is 2.51. The molecule has 2 atom stereocenters. The zero-order valence-corrected chi connectivity index (χ0v) is 23.9. The first-order valence-electron chi connectivity index (χ1n) is 10.3. The van der Waals surface area contributed by atoms with Crippen LogP contribution in [0.4, 0.5) is 0 Å². The Bertz CT molecular complexity index is 908. The van der Waals surface area contributed by atoms with Crippen LogP contribution in [0.25, 0.3) is 0 Å². The van der Waals surface area contributed by atoms with Gasteiger partial charge in [-0.25, -0.2) is 0 Å². The third kappa shape index (κ3) is 4.37. The maximum Gasteiger partial charge on any atom is -0.147 e. The second-order valence-electron chi connectivity index (χ2n) is 8.88. The second kappa shape index (κ2) is 9.88. The fraction of sp³-hybridized carbons (Fsp3) is 0.440. The molecule has 0 bridgehead atoms. The van der Waals surface area contributed by atoms with Crippen molar-refractivity contribution in [3.8, 4) is 0 Å². The van der Waals surface area contributed by atoms with Crippen molar-refractivity contribution in [1.29, 1.82) is 0 Å². The summed E-state index contributed by atoms with van der Waals surface area (Å²) in [7, 11) is 2.43. The quantitative estimate of drug-likeness (QED) is 0.395. The number of halogens is 2. The van der Waals surface area contributed by atoms with Gasteiger partial charge in [0.15, 0.2) is 0 Å². The molecule has 0 fully saturated rings. The van der Waals surface area contributed by atoms with Gasteiger partial charge in [0.2, 0.25) is 0 Å². The van der Waals surface area contributed by atoms with Crippen LogP contribution in [-0.2, 0) is 20.1 Å². The fourth-order valence-corrected chi connectivity index (χ4v) is 20.1. The Kier molecular flexibility index (Phi) is 9.10. The molecule has 0 saturated carbocycles. The zero-order chi connectivity index (χ0) is 20.1. The molecule has 4 heteroatoms. The molecule has 1 aromatic rings. The average molecular weight is 484 g/mol. The van der Waals surface area contributed by atoms with E-state index >= 15 is 0 Å². The number of benzene rings is 1. The molecule has 159 valence electrons. The second-order valence-corrected chi connectivity index (χ2v) is 19.5. The van der Waals surface area contributed by atoms with E-state index in [-0.39, 0.29) is 24.8 Å². The monoisotopic (exact) mass is 483 g/mol. The molecular weight excluding hydrogens is 447 g/mol. The van der Waals surface area contributed by atoms with Crippen LogP contribution in [0.3, 0.4) is 0 Å². The summed E-state index contributed by atoms with van der Waals surface area (Å²) < 4.78 is 4.96. The first kappa shape index (κ1) is 26.7. The average Bonchev–Trinajstić information content (AvgIpc) is 2.96. The Hall–Kier alpha value is -0.309. The summed E-state index contributed by atoms with van der Waals surface area (Å²) in [5.41, 5.74) is 11.1. The van der Waals surface area contributed by atoms with Crippen LogP contribution in [-0.4, -0.2) is 7.63 Å². The van der Waals surface area contributed by atoms with Crippen LogP contribution in [0.2, 0.25) is 0 Å². The summed E-state index contributed by atoms with van der Waals surface area (Å²) in [6.45, 7) is 19.1. The summed E-state index contributed by atoms with van der Waals surface area (Å²) in [6, 6.07) is 11.3. The number of rotatable bonds is 4. The molecule has 2 aliphatic carbocycles. The first-order valence-corrected chi connectivity index (χ1v) is 17.0. The number of hydrogen-bond donors (Lipinski definition) is 0. The fourth-order valence-electron chi connectivity index (χ4n) is 5.55. The third-order valence-electron chi connectivity index (χ3n) is 7.66. The van der Waals surface area contributed by atoms with Crippen LogP contribution in [0.1, 0.15) is 61.0 Å². The molecule has 0 radical (unpaired) electrons. The van der Waals surface area contributed by atoms with Crippen LogP contribution >= 0.6 is 24.8 Å². The molecule has 1 aromatic carbocycles. The molecule has 3 rings (SSSR count). The SMILES string of the molecule is CC1=C(C)C(C)[C]([Ti](=[SiH2])([CH2]c2ccccc2)[C]2=C(C)C(C)=C(C)C2C)=C1C.Cl.Cl. The van der Waals surface area contributed by atoms with Gasteiger partial charge >= 0.3 is 172 Å². The third-order valence-corrected chi connectivity index (χ3v) is 19.2. The predicted molar refractivity (Wildman–Crippen MR) is 134 cm³/mol. The minimum atomic E-state index is -2.51. The molecule has 2 aliphatic rings. The van der Waals surface area contributed by atoms with Crippen molar-refractivity contribution in [1.82, 2.24) is 0 Å². The molecule has 0 aromatic heterocycles. The summed E-state index contributed by atoms with van der Waals surface area (Å²) in [5.74, 6) is 1.22. The Morgan fingerprint density at radius 3 is 1.38 bits per heavy atom. The van der Waals surface area contributed by atoms with E-state index in [4.69, 9.17) is 0 Å². The maximum atomic E-state index is 2.46. The summed E-state index contributed by atoms with van der Waals surface area (Å²) in [4.78, 5) is 0. The van der Waals surface area contributed by atoms with Gasteiger partial charge in [0.1, 0.15) is 0 Å². The van der Waals surface area contributed by atoms with Gasteiger partial charge in [-0.15, -0.1) is 24.8 Å². The molecule has 0 amide bonds. The van der Waals surface area contributed by atoms with E-state index in [1.807, 2.05) is 7.76 Å². The van der Waals surface area contributed by atoms with Crippen LogP contribution in [0.5, 0.6) is 0 Å². The molecule has 0 spiro atoms. The van der Waals surface area contributed by atoms with E-state index in [9.17, 15) is 0 Å². The number of allylic oxidation sites excluding steroid dienone is 8. The van der Waals surface area contributed by atoms with E-state index in [0.29, 0.717) is 11.8 Å². The van der Waals surface area contributed by atoms with Crippen LogP contribution in [0.15, 0.2) is 71.5 Å². The van der Waals surface area contributed by atoms with Crippen molar-refractivity contribution in [3.63, 3.8) is 0 Å². The minimum absolute atomic E-state index is 0. The van der Waals surface area contributed by atoms with Crippen molar-refractivity contribution in [2.45, 2.75) is 60.1 Å². The molecule has 0 aliphatic heterocycles. The van der Waals surface area contributed by atoms with Crippen molar-refractivity contribution < 1.29 is 15.3 Å². The topological polar surface area (TPSA) is 0 Å². The van der Waals surface area contributed by atoms with E-state index in [1.54, 1.807) is 33.4 Å². The zero-order valence-electron chi connectivity index (χ0n) is 19.3. The molecular formula is C25H37Cl2SiTi. The predicted octanol–water partition coefficient (Wildman–Crippen LogP) is 7.25. The Labute approximate surface area is 195 Å². The molecule has 0 heterocycles. The largest absolute Gasteiger partial charge is 0.147 e. The van der Waals surface area contributed by atoms with Gasteiger partial charge < -0.3 is 0 Å². The summed E-state index contributed by atoms with van der Waals surface area (Å²) >= 11 is -2.51. The van der Waals surface area contributed by atoms with Crippen molar-refractivity contribution in [2.24, 2.45) is 11.8 Å². The Morgan fingerprint density at radius 2 is 1.07 bits per heavy atom. The first-order chi connectivity index (χ1) is 12.6. The Morgan fingerprint density at radius 1 is 0.690 bits per heavy atom. The standard InChI is InChI=1S/2C9H13.C7H7.2ClH.H2Si.Ti/c2*1-6-5-7(2)9(4)8(6)3;1-7-5-3-2-4-6-7;;;;/h2*6H,1-4H3;2-6H,1H2;2*1H;1H2;. The van der Waals surface area contributed by atoms with Gasteiger partial charge in [0, 0.05) is 0 Å². The van der Waals surface area contributed by atoms with Crippen LogP contribution in [0, 0.1) is 11.8 Å². The van der Waals surface area contributed by atoms with Gasteiger partial charge in [-0.3, -0.25) is 0 Å². The van der Waals surface area contributed by atoms with Gasteiger partial charge in [0.25, 0.3) is 0 Å². The van der Waals surface area contributed by atoms with Gasteiger partial charge in [-0.05, 0) is 0 Å². The summed E-state index contributed by atoms with van der Waals surface area (Å²) in [5, 5.41) is 0. The van der Waals surface area contributed by atoms with Gasteiger partial charge in [-0.2, -0.15) is 0 Å². The van der Waals surface area contributed by atoms with Crippen LogP contribution < -0.4 is 0 Å². The molecule has 2 unspecified atom stereocenters. The Balaban J connectivity index is 0.00000210. The number of hydrogen-bond acceptors (Lipinski definition) is 0. The van der Waals surface area contributed by atoms with E-state index in [0.717, 1.165) is 0 Å². The molecule has 0 saturated heterocycles. The van der Waals surface area contributed by atoms with Crippen molar-refractivity contribution in [2.75, 3.05) is 0 Å². The van der Waals surface area contributed by atoms with Crippen molar-refractivity contribution >= 4 is 32.4 Å². The van der Waals surface area contributed by atoms with E-state index in [1.165, 1.54) is 10.3 Å². The van der Waals surface area contributed by atoms with E-state index in [2.05, 4.69) is 93.4 Å². The molecule has 0 N–H and O–H groups in total. The minimum Gasteiger partial charge on any atom is -0.147 e. The molecule has 29 heavy (non-hydrogen) atoms. The normalized spacial score (nSPS) is 24.0. The van der Waals surface area contributed by atoms with Gasteiger partial charge in [0.05, 0.1) is 0 Å². The smallest absolute Gasteiger partial charge is 0.147 e. The molecule has 0 nitrogen and oxygen atoms in total. The van der Waals surface area contributed by atoms with Crippen molar-refractivity contribution in [3.05, 3.63) is 77.1 Å². The summed E-state index contributed by atoms with van der Waals surface area (Å²) in [6.07, 6.45) is 0. The van der Waals surface area contributed by atoms with E-state index < -0.39 is 15.3 Å². The van der Waals surface area contributed by atoms with Gasteiger partial charge in [-0.1, -0.05) is 0 Å².